The van der Waals surface area contributed by atoms with Crippen molar-refractivity contribution in [2.24, 2.45) is 0 Å². The van der Waals surface area contributed by atoms with Gasteiger partial charge in [-0.2, -0.15) is 0 Å². The predicted octanol–water partition coefficient (Wildman–Crippen LogP) is -1.24. The van der Waals surface area contributed by atoms with E-state index in [9.17, 15) is 0 Å². The third kappa shape index (κ3) is 63.6. The number of hydrogen-bond donors (Lipinski definition) is 3. The smallest absolute Gasteiger partial charge is 1.00 e. The third-order valence-corrected chi connectivity index (χ3v) is 0. The summed E-state index contributed by atoms with van der Waals surface area (Å²) in [5, 5.41) is 0. The fraction of sp³-hybridized carbons (Fsp3) is 0. The maximum atomic E-state index is 8.88. The first-order chi connectivity index (χ1) is 2.00. The van der Waals surface area contributed by atoms with Gasteiger partial charge in [-0.1, -0.05) is 0 Å². The minimum atomic E-state index is -4.64. The summed E-state index contributed by atoms with van der Waals surface area (Å²) >= 11 is 0. The molecule has 44 valence electrons. The topological polar surface area (TPSA) is 77.8 Å². The van der Waals surface area contributed by atoms with Gasteiger partial charge in [-0.15, -0.1) is 0 Å². The SMILES string of the molecule is O=P(O)(O)O.[Ca+2].[H-].[H-].[H-].[H-].[Mg+2].[Zr]. The molecule has 0 aromatic heterocycles. The molecular weight excluding hydrogens is 251 g/mol. The Morgan fingerprint density at radius 1 is 1.25 bits per heavy atom. The van der Waals surface area contributed by atoms with E-state index >= 15 is 0 Å². The van der Waals surface area contributed by atoms with Gasteiger partial charge >= 0.3 is 68.6 Å². The van der Waals surface area contributed by atoms with Crippen LogP contribution in [0.25, 0.3) is 0 Å². The molecule has 3 N–H and O–H groups in total. The molecule has 0 saturated heterocycles. The van der Waals surface area contributed by atoms with Gasteiger partial charge in [-0.3, -0.25) is 0 Å². The largest absolute Gasteiger partial charge is 2.00 e. The van der Waals surface area contributed by atoms with E-state index in [-0.39, 0.29) is 92.7 Å². The third-order valence-electron chi connectivity index (χ3n) is 0. The van der Waals surface area contributed by atoms with E-state index in [0.717, 1.165) is 0 Å². The molecule has 8 heavy (non-hydrogen) atoms. The van der Waals surface area contributed by atoms with Crippen LogP contribution in [-0.2, 0) is 30.8 Å². The van der Waals surface area contributed by atoms with Crippen molar-refractivity contribution in [1.29, 1.82) is 0 Å². The Morgan fingerprint density at radius 2 is 1.25 bits per heavy atom. The molecule has 0 aromatic carbocycles. The van der Waals surface area contributed by atoms with E-state index in [0.29, 0.717) is 0 Å². The van der Waals surface area contributed by atoms with Crippen LogP contribution < -0.4 is 0 Å². The second-order valence-corrected chi connectivity index (χ2v) is 1.54. The monoisotopic (exact) mass is 256 g/mol. The summed E-state index contributed by atoms with van der Waals surface area (Å²) in [6, 6.07) is 0. The molecule has 0 aliphatic heterocycles. The molecule has 0 aliphatic rings. The Morgan fingerprint density at radius 3 is 1.25 bits per heavy atom. The van der Waals surface area contributed by atoms with Crippen LogP contribution in [0.1, 0.15) is 5.71 Å². The van der Waals surface area contributed by atoms with E-state index in [1.54, 1.807) is 0 Å². The zero-order valence-corrected chi connectivity index (χ0v) is 11.1. The van der Waals surface area contributed by atoms with E-state index in [1.807, 2.05) is 0 Å². The Bertz CT molecular complexity index is 73.2. The van der Waals surface area contributed by atoms with Crippen LogP contribution in [0.5, 0.6) is 0 Å². The second-order valence-electron chi connectivity index (χ2n) is 0.513. The maximum Gasteiger partial charge on any atom is 2.00 e. The van der Waals surface area contributed by atoms with E-state index in [2.05, 4.69) is 0 Å². The molecule has 0 heterocycles. The molecule has 0 saturated carbocycles. The van der Waals surface area contributed by atoms with Gasteiger partial charge in [0.2, 0.25) is 0 Å². The second kappa shape index (κ2) is 10.0. The molecule has 0 rings (SSSR count). The molecule has 0 unspecified atom stereocenters. The minimum absolute atomic E-state index is 0. The van der Waals surface area contributed by atoms with Crippen LogP contribution in [0.2, 0.25) is 0 Å². The molecule has 0 aliphatic carbocycles. The van der Waals surface area contributed by atoms with Gasteiger partial charge in [0.15, 0.2) is 0 Å². The fourth-order valence-electron chi connectivity index (χ4n) is 0. The Kier molecular flexibility index (Phi) is 28.1. The van der Waals surface area contributed by atoms with E-state index < -0.39 is 7.82 Å². The average molecular weight is 258 g/mol. The van der Waals surface area contributed by atoms with Crippen LogP contribution in [0.4, 0.5) is 0 Å². The van der Waals surface area contributed by atoms with Gasteiger partial charge in [0, 0.05) is 26.2 Å². The molecule has 8 heteroatoms. The van der Waals surface area contributed by atoms with Crippen molar-refractivity contribution in [1.82, 2.24) is 0 Å². The number of hydrogen-bond acceptors (Lipinski definition) is 1. The van der Waals surface area contributed by atoms with Crippen LogP contribution in [0, 0.1) is 0 Å². The Labute approximate surface area is 118 Å². The Hall–Kier alpha value is 3.02. The Balaban J connectivity index is -0.00000000381. The molecular formula is H7CaMgO4PZr. The van der Waals surface area contributed by atoms with Gasteiger partial charge < -0.3 is 20.4 Å². The summed E-state index contributed by atoms with van der Waals surface area (Å²) in [5.74, 6) is 0. The fourth-order valence-corrected chi connectivity index (χ4v) is 0. The zero-order chi connectivity index (χ0) is 4.50. The van der Waals surface area contributed by atoms with Gasteiger partial charge in [-0.05, 0) is 0 Å². The van der Waals surface area contributed by atoms with Crippen LogP contribution in [0.15, 0.2) is 0 Å². The molecule has 0 aromatic rings. The van der Waals surface area contributed by atoms with Crippen molar-refractivity contribution in [2.75, 3.05) is 0 Å². The first kappa shape index (κ1) is 22.5. The van der Waals surface area contributed by atoms with Gasteiger partial charge in [-0.25, -0.2) is 4.57 Å². The summed E-state index contributed by atoms with van der Waals surface area (Å²) in [4.78, 5) is 21.6. The zero-order valence-electron chi connectivity index (χ0n) is 8.11. The van der Waals surface area contributed by atoms with Gasteiger partial charge in [0.05, 0.1) is 0 Å². The van der Waals surface area contributed by atoms with Crippen LogP contribution >= 0.6 is 7.82 Å². The summed E-state index contributed by atoms with van der Waals surface area (Å²) < 4.78 is 8.88. The molecule has 0 spiro atoms. The molecule has 0 fully saturated rings. The normalized spacial score (nSPS) is 7.38. The summed E-state index contributed by atoms with van der Waals surface area (Å²) in [7, 11) is -4.64. The van der Waals surface area contributed by atoms with Crippen molar-refractivity contribution >= 4 is 68.6 Å². The van der Waals surface area contributed by atoms with Crippen molar-refractivity contribution < 1.29 is 51.2 Å². The quantitative estimate of drug-likeness (QED) is 0.375. The predicted molar refractivity (Wildman–Crippen MR) is 30.2 cm³/mol. The molecule has 0 radical (unpaired) electrons. The minimum Gasteiger partial charge on any atom is -1.00 e. The van der Waals surface area contributed by atoms with Crippen molar-refractivity contribution in [2.45, 2.75) is 0 Å². The average Bonchev–Trinajstić information content (AvgIpc) is 0.722. The maximum absolute atomic E-state index is 8.88. The van der Waals surface area contributed by atoms with E-state index in [4.69, 9.17) is 19.2 Å². The van der Waals surface area contributed by atoms with Crippen molar-refractivity contribution in [3.05, 3.63) is 0 Å². The summed E-state index contributed by atoms with van der Waals surface area (Å²) in [6.45, 7) is 0. The van der Waals surface area contributed by atoms with Crippen LogP contribution in [0.3, 0.4) is 0 Å². The van der Waals surface area contributed by atoms with Gasteiger partial charge in [0.25, 0.3) is 0 Å². The molecule has 0 bridgehead atoms. The molecule has 0 amide bonds. The van der Waals surface area contributed by atoms with Crippen molar-refractivity contribution in [3.8, 4) is 0 Å². The molecule has 4 nitrogen and oxygen atoms in total. The number of phosphoric acid groups is 1. The first-order valence-electron chi connectivity index (χ1n) is 0.783. The first-order valence-corrected chi connectivity index (χ1v) is 2.35. The van der Waals surface area contributed by atoms with Crippen LogP contribution in [-0.4, -0.2) is 75.5 Å². The molecule has 0 atom stereocenters. The number of rotatable bonds is 0. The van der Waals surface area contributed by atoms with Gasteiger partial charge in [0.1, 0.15) is 0 Å². The summed E-state index contributed by atoms with van der Waals surface area (Å²) in [6.07, 6.45) is 0. The standard InChI is InChI=1S/Ca.Mg.H3O4P.Zr.4H/c;;1-5(2,3)4;;;;;/h;;(H3,1,2,3,4);;;;;/q2*+2;;;4*-1. The van der Waals surface area contributed by atoms with E-state index in [1.165, 1.54) is 0 Å². The van der Waals surface area contributed by atoms with Crippen molar-refractivity contribution in [3.63, 3.8) is 0 Å². The summed E-state index contributed by atoms with van der Waals surface area (Å²) in [5.41, 5.74) is 0.